The van der Waals surface area contributed by atoms with Gasteiger partial charge < -0.3 is 25.1 Å². The van der Waals surface area contributed by atoms with E-state index in [2.05, 4.69) is 25.0 Å². The molecule has 4 N–H and O–H groups in total. The number of aromatic amines is 1. The van der Waals surface area contributed by atoms with Gasteiger partial charge in [0.2, 0.25) is 5.95 Å². The number of nitrogens with one attached hydrogen (secondary N) is 1. The number of aromatic nitrogens is 4. The highest BCUT2D eigenvalue weighted by Crippen LogP contribution is 2.33. The number of aliphatic hydroxyl groups excluding tert-OH is 1. The summed E-state index contributed by atoms with van der Waals surface area (Å²) in [5, 5.41) is 13.9. The first-order valence-corrected chi connectivity index (χ1v) is 7.74. The van der Waals surface area contributed by atoms with Crippen LogP contribution in [0.5, 0.6) is 0 Å². The molecular weight excluding hydrogens is 348 g/mol. The minimum atomic E-state index is -1.07. The first-order valence-electron chi connectivity index (χ1n) is 7.74. The van der Waals surface area contributed by atoms with E-state index in [1.165, 1.54) is 18.0 Å². The Bertz CT molecular complexity index is 875. The first-order chi connectivity index (χ1) is 12.6. The molecule has 13 heteroatoms. The van der Waals surface area contributed by atoms with E-state index in [0.29, 0.717) is 6.61 Å². The highest BCUT2D eigenvalue weighted by molar-refractivity contribution is 5.70. The third-order valence-corrected chi connectivity index (χ3v) is 3.96. The van der Waals surface area contributed by atoms with Crippen LogP contribution in [0.15, 0.2) is 16.2 Å². The maximum atomic E-state index is 11.9. The highest BCUT2D eigenvalue weighted by Gasteiger charge is 2.45. The summed E-state index contributed by atoms with van der Waals surface area (Å²) in [4.78, 5) is 25.1. The number of azide groups is 1. The van der Waals surface area contributed by atoms with E-state index in [1.807, 2.05) is 0 Å². The number of anilines is 1. The minimum Gasteiger partial charge on any atom is -0.388 e. The van der Waals surface area contributed by atoms with Crippen LogP contribution < -0.4 is 11.3 Å². The van der Waals surface area contributed by atoms with Gasteiger partial charge in [0.1, 0.15) is 12.2 Å². The molecule has 1 fully saturated rings. The lowest BCUT2D eigenvalue weighted by atomic mass is 10.1. The number of H-pyrrole nitrogens is 1. The largest absolute Gasteiger partial charge is 0.388 e. The summed E-state index contributed by atoms with van der Waals surface area (Å²) < 4.78 is 17.9. The molecule has 26 heavy (non-hydrogen) atoms. The topological polar surface area (TPSA) is 186 Å². The Morgan fingerprint density at radius 2 is 2.38 bits per heavy atom. The van der Waals surface area contributed by atoms with E-state index in [1.54, 1.807) is 0 Å². The predicted octanol–water partition coefficient (Wildman–Crippen LogP) is -0.698. The third-order valence-electron chi connectivity index (χ3n) is 3.96. The number of hydrogen-bond acceptors (Lipinski definition) is 9. The minimum absolute atomic E-state index is 0.0754. The van der Waals surface area contributed by atoms with Crippen molar-refractivity contribution in [3.05, 3.63) is 27.1 Å². The smallest absolute Gasteiger partial charge is 0.280 e. The van der Waals surface area contributed by atoms with Crippen molar-refractivity contribution in [3.8, 4) is 0 Å². The van der Waals surface area contributed by atoms with E-state index in [-0.39, 0.29) is 30.3 Å². The van der Waals surface area contributed by atoms with E-state index < -0.39 is 30.1 Å². The Balaban J connectivity index is 1.97. The van der Waals surface area contributed by atoms with Crippen molar-refractivity contribution in [1.82, 2.24) is 19.5 Å². The van der Waals surface area contributed by atoms with Crippen LogP contribution in [-0.2, 0) is 14.2 Å². The number of nitrogens with zero attached hydrogens (tertiary/aromatic N) is 6. The molecule has 2 aromatic heterocycles. The van der Waals surface area contributed by atoms with Crippen molar-refractivity contribution < 1.29 is 19.3 Å². The van der Waals surface area contributed by atoms with Gasteiger partial charge in [-0.15, -0.1) is 0 Å². The maximum Gasteiger partial charge on any atom is 0.280 e. The van der Waals surface area contributed by atoms with Gasteiger partial charge in [0, 0.05) is 12.0 Å². The molecule has 2 unspecified atom stereocenters. The number of fused-ring (bicyclic) bond motifs is 1. The second kappa shape index (κ2) is 7.68. The second-order valence-electron chi connectivity index (χ2n) is 5.57. The fourth-order valence-corrected chi connectivity index (χ4v) is 2.79. The Hall–Kier alpha value is -2.70. The molecule has 0 spiro atoms. The van der Waals surface area contributed by atoms with Crippen LogP contribution >= 0.6 is 0 Å². The van der Waals surface area contributed by atoms with Crippen molar-refractivity contribution in [2.45, 2.75) is 24.5 Å². The van der Waals surface area contributed by atoms with Gasteiger partial charge in [-0.25, -0.2) is 4.98 Å². The van der Waals surface area contributed by atoms with Crippen molar-refractivity contribution in [1.29, 1.82) is 0 Å². The van der Waals surface area contributed by atoms with Crippen molar-refractivity contribution in [2.75, 3.05) is 32.6 Å². The number of nitrogen functional groups attached to an aromatic ring is 1. The number of imidazole rings is 1. The molecule has 1 aliphatic rings. The molecule has 140 valence electrons. The number of rotatable bonds is 7. The summed E-state index contributed by atoms with van der Waals surface area (Å²) in [6.45, 7) is 0.433. The molecule has 2 aromatic rings. The van der Waals surface area contributed by atoms with Gasteiger partial charge in [0.15, 0.2) is 17.4 Å². The predicted molar refractivity (Wildman–Crippen MR) is 88.1 cm³/mol. The molecule has 13 nitrogen and oxygen atoms in total. The van der Waals surface area contributed by atoms with Crippen LogP contribution in [0, 0.1) is 0 Å². The summed E-state index contributed by atoms with van der Waals surface area (Å²) in [6, 6.07) is 0. The summed E-state index contributed by atoms with van der Waals surface area (Å²) in [5.41, 5.74) is 13.9. The molecule has 0 radical (unpaired) electrons. The van der Waals surface area contributed by atoms with Gasteiger partial charge in [0.05, 0.1) is 32.2 Å². The lowest BCUT2D eigenvalue weighted by Crippen LogP contribution is -2.36. The quantitative estimate of drug-likeness (QED) is 0.248. The van der Waals surface area contributed by atoms with E-state index in [4.69, 9.17) is 25.5 Å². The van der Waals surface area contributed by atoms with Gasteiger partial charge in [-0.2, -0.15) is 4.98 Å². The van der Waals surface area contributed by atoms with Crippen LogP contribution in [0.3, 0.4) is 0 Å². The van der Waals surface area contributed by atoms with Crippen LogP contribution in [0.1, 0.15) is 6.23 Å². The number of nitrogens with two attached hydrogens (primary N) is 1. The maximum absolute atomic E-state index is 11.9. The third kappa shape index (κ3) is 3.34. The van der Waals surface area contributed by atoms with Gasteiger partial charge >= 0.3 is 0 Å². The fourth-order valence-electron chi connectivity index (χ4n) is 2.79. The average molecular weight is 366 g/mol. The average Bonchev–Trinajstić information content (AvgIpc) is 3.15. The summed E-state index contributed by atoms with van der Waals surface area (Å²) in [6.07, 6.45) is -2.17. The molecule has 3 rings (SSSR count). The van der Waals surface area contributed by atoms with E-state index in [9.17, 15) is 9.90 Å². The molecular formula is C13H18N8O5. The highest BCUT2D eigenvalue weighted by atomic mass is 16.6. The zero-order valence-corrected chi connectivity index (χ0v) is 13.8. The van der Waals surface area contributed by atoms with Crippen molar-refractivity contribution in [3.63, 3.8) is 0 Å². The van der Waals surface area contributed by atoms with Crippen LogP contribution in [0.25, 0.3) is 21.6 Å². The molecule has 3 heterocycles. The standard InChI is InChI=1S/C13H18N8O5/c1-24-2-3-25-9-8(22)6(4-17-20-15)26-12(9)21-5-16-7-10(21)18-13(14)19-11(7)23/h5-6,8-9,12,22H,2-4H2,1H3,(H3,14,18,19,23)/t6-,8?,9?,12-/m1/s1. The number of methoxy groups -OCH3 is 1. The monoisotopic (exact) mass is 366 g/mol. The van der Waals surface area contributed by atoms with Crippen LogP contribution in [0.2, 0.25) is 0 Å². The van der Waals surface area contributed by atoms with Crippen molar-refractivity contribution in [2.24, 2.45) is 5.11 Å². The molecule has 0 bridgehead atoms. The fraction of sp³-hybridized carbons (Fsp3) is 0.615. The summed E-state index contributed by atoms with van der Waals surface area (Å²) in [7, 11) is 1.52. The molecule has 0 aliphatic carbocycles. The molecule has 4 atom stereocenters. The second-order valence-corrected chi connectivity index (χ2v) is 5.57. The number of hydrogen-bond donors (Lipinski definition) is 3. The van der Waals surface area contributed by atoms with E-state index >= 15 is 0 Å². The van der Waals surface area contributed by atoms with Gasteiger partial charge in [-0.1, -0.05) is 5.11 Å². The molecule has 0 aromatic carbocycles. The summed E-state index contributed by atoms with van der Waals surface area (Å²) in [5.74, 6) is -0.0784. The van der Waals surface area contributed by atoms with Gasteiger partial charge in [0.25, 0.3) is 5.56 Å². The Labute approximate surface area is 146 Å². The Morgan fingerprint density at radius 3 is 3.12 bits per heavy atom. The van der Waals surface area contributed by atoms with Gasteiger partial charge in [-0.05, 0) is 5.53 Å². The lowest BCUT2D eigenvalue weighted by molar-refractivity contribution is -0.0761. The number of aliphatic hydroxyl groups is 1. The zero-order valence-electron chi connectivity index (χ0n) is 13.8. The summed E-state index contributed by atoms with van der Waals surface area (Å²) >= 11 is 0. The van der Waals surface area contributed by atoms with E-state index in [0.717, 1.165) is 0 Å². The normalized spacial score (nSPS) is 25.5. The number of ether oxygens (including phenoxy) is 3. The van der Waals surface area contributed by atoms with Gasteiger partial charge in [-0.3, -0.25) is 14.3 Å². The molecule has 0 saturated carbocycles. The molecule has 1 aliphatic heterocycles. The Kier molecular flexibility index (Phi) is 5.35. The molecule has 0 amide bonds. The van der Waals surface area contributed by atoms with Crippen molar-refractivity contribution >= 4 is 17.1 Å². The van der Waals surface area contributed by atoms with Crippen LogP contribution in [0.4, 0.5) is 5.95 Å². The lowest BCUT2D eigenvalue weighted by Gasteiger charge is -2.22. The van der Waals surface area contributed by atoms with Crippen LogP contribution in [-0.4, -0.2) is 69.8 Å². The molecule has 1 saturated heterocycles. The zero-order chi connectivity index (χ0) is 18.7. The Morgan fingerprint density at radius 1 is 1.58 bits per heavy atom. The SMILES string of the molecule is COCCOC1C(O)[C@@H](CN=[N+]=[N-])O[C@H]1n1cnc2c(=O)[nH]c(N)nc21. The first kappa shape index (κ1) is 18.1.